The van der Waals surface area contributed by atoms with Gasteiger partial charge in [0, 0.05) is 59.3 Å². The predicted octanol–water partition coefficient (Wildman–Crippen LogP) is 4.01. The molecule has 0 saturated carbocycles. The first kappa shape index (κ1) is 33.1. The van der Waals surface area contributed by atoms with E-state index < -0.39 is 10.0 Å². The number of para-hydroxylation sites is 1. The Labute approximate surface area is 277 Å². The summed E-state index contributed by atoms with van der Waals surface area (Å²) < 4.78 is 42.3. The second-order valence-electron chi connectivity index (χ2n) is 12.6. The standard InChI is InChI=1S/C35H44N6O5S/c1-25-10-11-27(22-28(25)24-41-16-15-38(3)31-8-5-6-9-33(31)47(41,43)44)30(29-12-13-32-35(26(29)2)36-37-39(32)4)23-34(42)46-19-7-14-40-17-20-45-21-18-40/h5-6,8-13,22,30H,7,14-21,23-24H2,1-4H3. The number of aryl methyl sites for hydroxylation is 3. The molecule has 1 unspecified atom stereocenters. The minimum Gasteiger partial charge on any atom is -0.466 e. The molecule has 12 heteroatoms. The maximum absolute atomic E-state index is 13.9. The van der Waals surface area contributed by atoms with E-state index in [2.05, 4.69) is 21.3 Å². The molecular formula is C35H44N6O5S. The summed E-state index contributed by atoms with van der Waals surface area (Å²) in [6, 6.07) is 17.3. The first-order valence-corrected chi connectivity index (χ1v) is 17.7. The fourth-order valence-corrected chi connectivity index (χ4v) is 8.27. The molecule has 1 saturated heterocycles. The summed E-state index contributed by atoms with van der Waals surface area (Å²) in [4.78, 5) is 18.0. The zero-order valence-electron chi connectivity index (χ0n) is 27.7. The van der Waals surface area contributed by atoms with Crippen LogP contribution in [0.3, 0.4) is 0 Å². The van der Waals surface area contributed by atoms with Crippen molar-refractivity contribution in [3.63, 3.8) is 0 Å². The van der Waals surface area contributed by atoms with Crippen molar-refractivity contribution in [3.05, 3.63) is 82.4 Å². The molecule has 0 N–H and O–H groups in total. The van der Waals surface area contributed by atoms with Crippen molar-refractivity contribution in [2.75, 3.05) is 64.5 Å². The second-order valence-corrected chi connectivity index (χ2v) is 14.5. The highest BCUT2D eigenvalue weighted by Crippen LogP contribution is 2.36. The van der Waals surface area contributed by atoms with Gasteiger partial charge in [0.25, 0.3) is 0 Å². The van der Waals surface area contributed by atoms with E-state index >= 15 is 0 Å². The Morgan fingerprint density at radius 1 is 1.00 bits per heavy atom. The summed E-state index contributed by atoms with van der Waals surface area (Å²) in [7, 11) is 0.0519. The first-order valence-electron chi connectivity index (χ1n) is 16.3. The highest BCUT2D eigenvalue weighted by molar-refractivity contribution is 7.89. The molecule has 3 aromatic carbocycles. The Balaban J connectivity index is 1.28. The van der Waals surface area contributed by atoms with Crippen LogP contribution < -0.4 is 4.90 Å². The number of benzene rings is 3. The van der Waals surface area contributed by atoms with Crippen molar-refractivity contribution >= 4 is 32.7 Å². The van der Waals surface area contributed by atoms with Crippen LogP contribution in [0, 0.1) is 13.8 Å². The summed E-state index contributed by atoms with van der Waals surface area (Å²) in [6.07, 6.45) is 0.908. The van der Waals surface area contributed by atoms with Crippen LogP contribution in [0.2, 0.25) is 0 Å². The smallest absolute Gasteiger partial charge is 0.306 e. The van der Waals surface area contributed by atoms with E-state index in [1.807, 2.05) is 69.2 Å². The molecule has 11 nitrogen and oxygen atoms in total. The number of hydrogen-bond acceptors (Lipinski definition) is 9. The van der Waals surface area contributed by atoms with Crippen LogP contribution in [-0.4, -0.2) is 98.2 Å². The van der Waals surface area contributed by atoms with Gasteiger partial charge in [0.2, 0.25) is 10.0 Å². The van der Waals surface area contributed by atoms with Gasteiger partial charge in [0.05, 0.1) is 37.4 Å². The number of hydrogen-bond donors (Lipinski definition) is 0. The number of esters is 1. The zero-order valence-corrected chi connectivity index (χ0v) is 28.5. The molecule has 2 aliphatic rings. The van der Waals surface area contributed by atoms with E-state index in [-0.39, 0.29) is 24.9 Å². The number of nitrogens with zero attached hydrogens (tertiary/aromatic N) is 6. The van der Waals surface area contributed by atoms with Gasteiger partial charge in [-0.05, 0) is 66.3 Å². The van der Waals surface area contributed by atoms with Crippen LogP contribution in [0.25, 0.3) is 11.0 Å². The first-order chi connectivity index (χ1) is 22.6. The molecule has 3 heterocycles. The largest absolute Gasteiger partial charge is 0.466 e. The number of likely N-dealkylation sites (N-methyl/N-ethyl adjacent to an activating group) is 1. The zero-order chi connectivity index (χ0) is 33.1. The van der Waals surface area contributed by atoms with Gasteiger partial charge in [-0.15, -0.1) is 5.10 Å². The van der Waals surface area contributed by atoms with Gasteiger partial charge >= 0.3 is 5.97 Å². The molecule has 0 spiro atoms. The lowest BCUT2D eigenvalue weighted by Crippen LogP contribution is -2.37. The summed E-state index contributed by atoms with van der Waals surface area (Å²) in [5.41, 5.74) is 7.14. The molecule has 47 heavy (non-hydrogen) atoms. The quantitative estimate of drug-likeness (QED) is 0.184. The minimum absolute atomic E-state index is 0.146. The summed E-state index contributed by atoms with van der Waals surface area (Å²) in [6.45, 7) is 9.68. The van der Waals surface area contributed by atoms with E-state index in [1.165, 1.54) is 0 Å². The number of carbonyl (C=O) groups is 1. The molecular weight excluding hydrogens is 616 g/mol. The lowest BCUT2D eigenvalue weighted by molar-refractivity contribution is -0.144. The maximum Gasteiger partial charge on any atom is 0.306 e. The SMILES string of the molecule is Cc1ccc(C(CC(=O)OCCCN2CCOCC2)c2ccc3c(nnn3C)c2C)cc1CN1CCN(C)c2ccccc2S1(=O)=O. The molecule has 1 atom stereocenters. The van der Waals surface area contributed by atoms with Gasteiger partial charge < -0.3 is 14.4 Å². The topological polar surface area (TPSA) is 110 Å². The highest BCUT2D eigenvalue weighted by atomic mass is 32.2. The third kappa shape index (κ3) is 7.06. The van der Waals surface area contributed by atoms with E-state index in [1.54, 1.807) is 21.1 Å². The fourth-order valence-electron chi connectivity index (χ4n) is 6.62. The maximum atomic E-state index is 13.9. The van der Waals surface area contributed by atoms with Gasteiger partial charge in [0.15, 0.2) is 0 Å². The summed E-state index contributed by atoms with van der Waals surface area (Å²) in [5.74, 6) is -0.590. The van der Waals surface area contributed by atoms with Gasteiger partial charge in [-0.2, -0.15) is 4.31 Å². The lowest BCUT2D eigenvalue weighted by atomic mass is 9.84. The van der Waals surface area contributed by atoms with Crippen LogP contribution in [-0.2, 0) is 37.9 Å². The van der Waals surface area contributed by atoms with Crippen molar-refractivity contribution in [2.45, 2.75) is 44.0 Å². The average molecular weight is 661 g/mol. The van der Waals surface area contributed by atoms with Crippen LogP contribution >= 0.6 is 0 Å². The van der Waals surface area contributed by atoms with E-state index in [0.29, 0.717) is 30.3 Å². The Hall–Kier alpha value is -3.84. The van der Waals surface area contributed by atoms with Gasteiger partial charge in [0.1, 0.15) is 10.4 Å². The summed E-state index contributed by atoms with van der Waals surface area (Å²) in [5, 5.41) is 8.61. The molecule has 0 radical (unpaired) electrons. The van der Waals surface area contributed by atoms with E-state index in [9.17, 15) is 13.2 Å². The van der Waals surface area contributed by atoms with Crippen molar-refractivity contribution in [3.8, 4) is 0 Å². The van der Waals surface area contributed by atoms with Gasteiger partial charge in [-0.1, -0.05) is 41.6 Å². The van der Waals surface area contributed by atoms with Gasteiger partial charge in [-0.3, -0.25) is 9.69 Å². The van der Waals surface area contributed by atoms with Crippen LogP contribution in [0.15, 0.2) is 59.5 Å². The minimum atomic E-state index is -3.73. The molecule has 0 aliphatic carbocycles. The van der Waals surface area contributed by atoms with Crippen LogP contribution in [0.5, 0.6) is 0 Å². The highest BCUT2D eigenvalue weighted by Gasteiger charge is 2.32. The number of rotatable bonds is 10. The molecule has 6 rings (SSSR count). The lowest BCUT2D eigenvalue weighted by Gasteiger charge is -2.26. The molecule has 0 amide bonds. The molecule has 1 aromatic heterocycles. The van der Waals surface area contributed by atoms with Gasteiger partial charge in [-0.25, -0.2) is 13.1 Å². The average Bonchev–Trinajstić information content (AvgIpc) is 3.42. The normalized spacial score (nSPS) is 17.7. The Morgan fingerprint density at radius 3 is 2.60 bits per heavy atom. The number of ether oxygens (including phenoxy) is 2. The Kier molecular flexibility index (Phi) is 9.93. The molecule has 4 aromatic rings. The van der Waals surface area contributed by atoms with Crippen molar-refractivity contribution < 1.29 is 22.7 Å². The summed E-state index contributed by atoms with van der Waals surface area (Å²) >= 11 is 0. The van der Waals surface area contributed by atoms with E-state index in [4.69, 9.17) is 9.47 Å². The number of carbonyl (C=O) groups excluding carboxylic acids is 1. The van der Waals surface area contributed by atoms with Crippen molar-refractivity contribution in [2.24, 2.45) is 7.05 Å². The molecule has 250 valence electrons. The van der Waals surface area contributed by atoms with Crippen molar-refractivity contribution in [1.29, 1.82) is 0 Å². The third-order valence-electron chi connectivity index (χ3n) is 9.51. The number of fused-ring (bicyclic) bond motifs is 2. The Bertz CT molecular complexity index is 1850. The molecule has 1 fully saturated rings. The number of sulfonamides is 1. The van der Waals surface area contributed by atoms with E-state index in [0.717, 1.165) is 78.1 Å². The van der Waals surface area contributed by atoms with Crippen molar-refractivity contribution in [1.82, 2.24) is 24.2 Å². The molecule has 0 bridgehead atoms. The number of aromatic nitrogens is 3. The Morgan fingerprint density at radius 2 is 1.79 bits per heavy atom. The third-order valence-corrected chi connectivity index (χ3v) is 11.4. The fraction of sp³-hybridized carbons (Fsp3) is 0.457. The van der Waals surface area contributed by atoms with Crippen LogP contribution in [0.1, 0.15) is 46.6 Å². The number of anilines is 1. The number of morpholine rings is 1. The molecule has 2 aliphatic heterocycles. The monoisotopic (exact) mass is 660 g/mol. The second kappa shape index (κ2) is 14.1. The van der Waals surface area contributed by atoms with Crippen LogP contribution in [0.4, 0.5) is 5.69 Å². The predicted molar refractivity (Wildman–Crippen MR) is 181 cm³/mol.